The highest BCUT2D eigenvalue weighted by atomic mass is 79.9. The van der Waals surface area contributed by atoms with Gasteiger partial charge in [0.1, 0.15) is 6.04 Å². The largest absolute Gasteiger partial charge is 0.349 e. The summed E-state index contributed by atoms with van der Waals surface area (Å²) in [5.74, 6) is -0.223. The standard InChI is InChI=1S/C17H20BrN3O2S/c1-11(2)15(16(22)19-10-13-8-9-14(18)24-13)21-17(23)20-12-6-4-3-5-7-12/h3-9,11,15H,10H2,1-2H3,(H,19,22)(H2,20,21,23). The zero-order chi connectivity index (χ0) is 17.5. The van der Waals surface area contributed by atoms with E-state index in [9.17, 15) is 9.59 Å². The van der Waals surface area contributed by atoms with Gasteiger partial charge in [-0.2, -0.15) is 0 Å². The van der Waals surface area contributed by atoms with Gasteiger partial charge in [-0.25, -0.2) is 4.79 Å². The minimum atomic E-state index is -0.600. The van der Waals surface area contributed by atoms with Crippen molar-refractivity contribution in [3.63, 3.8) is 0 Å². The van der Waals surface area contributed by atoms with Gasteiger partial charge in [0.05, 0.1) is 10.3 Å². The molecule has 3 amide bonds. The van der Waals surface area contributed by atoms with Crippen molar-refractivity contribution >= 4 is 44.9 Å². The third-order valence-corrected chi connectivity index (χ3v) is 4.96. The van der Waals surface area contributed by atoms with Gasteiger partial charge in [0, 0.05) is 10.6 Å². The molecule has 0 aliphatic rings. The van der Waals surface area contributed by atoms with Crippen LogP contribution >= 0.6 is 27.3 Å². The first-order valence-electron chi connectivity index (χ1n) is 7.60. The van der Waals surface area contributed by atoms with Gasteiger partial charge in [-0.05, 0) is 46.1 Å². The lowest BCUT2D eigenvalue weighted by atomic mass is 10.0. The number of halogens is 1. The van der Waals surface area contributed by atoms with Crippen LogP contribution in [0.1, 0.15) is 18.7 Å². The number of thiophene rings is 1. The molecule has 128 valence electrons. The van der Waals surface area contributed by atoms with Gasteiger partial charge in [0.25, 0.3) is 0 Å². The van der Waals surface area contributed by atoms with Gasteiger partial charge in [0.2, 0.25) is 5.91 Å². The van der Waals surface area contributed by atoms with Gasteiger partial charge in [0.15, 0.2) is 0 Å². The number of anilines is 1. The minimum Gasteiger partial charge on any atom is -0.349 e. The summed E-state index contributed by atoms with van der Waals surface area (Å²) in [6.45, 7) is 4.24. The number of hydrogen-bond donors (Lipinski definition) is 3. The molecule has 0 aliphatic heterocycles. The second kappa shape index (κ2) is 8.84. The Labute approximate surface area is 154 Å². The summed E-state index contributed by atoms with van der Waals surface area (Å²) in [4.78, 5) is 25.5. The maximum Gasteiger partial charge on any atom is 0.319 e. The van der Waals surface area contributed by atoms with Crippen LogP contribution in [0.3, 0.4) is 0 Å². The fraction of sp³-hybridized carbons (Fsp3) is 0.294. The molecule has 1 unspecified atom stereocenters. The second-order valence-corrected chi connectivity index (χ2v) is 8.16. The molecule has 1 heterocycles. The highest BCUT2D eigenvalue weighted by molar-refractivity contribution is 9.11. The van der Waals surface area contributed by atoms with Gasteiger partial charge in [-0.3, -0.25) is 4.79 Å². The molecule has 2 aromatic rings. The molecule has 5 nitrogen and oxygen atoms in total. The van der Waals surface area contributed by atoms with E-state index in [0.29, 0.717) is 12.2 Å². The van der Waals surface area contributed by atoms with E-state index in [1.165, 1.54) is 0 Å². The molecule has 24 heavy (non-hydrogen) atoms. The van der Waals surface area contributed by atoms with E-state index < -0.39 is 12.1 Å². The third kappa shape index (κ3) is 5.65. The van der Waals surface area contributed by atoms with Crippen LogP contribution in [0.4, 0.5) is 10.5 Å². The van der Waals surface area contributed by atoms with Crippen molar-refractivity contribution in [2.75, 3.05) is 5.32 Å². The second-order valence-electron chi connectivity index (χ2n) is 5.61. The quantitative estimate of drug-likeness (QED) is 0.675. The average molecular weight is 410 g/mol. The van der Waals surface area contributed by atoms with Crippen LogP contribution in [-0.4, -0.2) is 18.0 Å². The number of benzene rings is 1. The maximum atomic E-state index is 12.4. The van der Waals surface area contributed by atoms with Crippen LogP contribution in [-0.2, 0) is 11.3 Å². The normalized spacial score (nSPS) is 11.8. The molecule has 0 bridgehead atoms. The van der Waals surface area contributed by atoms with E-state index >= 15 is 0 Å². The number of urea groups is 1. The first-order valence-corrected chi connectivity index (χ1v) is 9.21. The molecule has 1 atom stereocenters. The summed E-state index contributed by atoms with van der Waals surface area (Å²) >= 11 is 4.96. The van der Waals surface area contributed by atoms with Crippen LogP contribution in [0, 0.1) is 5.92 Å². The summed E-state index contributed by atoms with van der Waals surface area (Å²) in [6.07, 6.45) is 0. The molecule has 0 saturated carbocycles. The van der Waals surface area contributed by atoms with Crippen LogP contribution in [0.5, 0.6) is 0 Å². The summed E-state index contributed by atoms with van der Waals surface area (Å²) in [7, 11) is 0. The van der Waals surface area contributed by atoms with E-state index in [4.69, 9.17) is 0 Å². The third-order valence-electron chi connectivity index (χ3n) is 3.33. The van der Waals surface area contributed by atoms with E-state index in [2.05, 4.69) is 31.9 Å². The number of amides is 3. The van der Waals surface area contributed by atoms with Gasteiger partial charge in [-0.1, -0.05) is 32.0 Å². The predicted octanol–water partition coefficient (Wildman–Crippen LogP) is 3.97. The highest BCUT2D eigenvalue weighted by Crippen LogP contribution is 2.21. The van der Waals surface area contributed by atoms with E-state index in [0.717, 1.165) is 8.66 Å². The van der Waals surface area contributed by atoms with E-state index in [-0.39, 0.29) is 11.8 Å². The first-order chi connectivity index (χ1) is 11.5. The Bertz CT molecular complexity index is 688. The zero-order valence-electron chi connectivity index (χ0n) is 13.5. The summed E-state index contributed by atoms with van der Waals surface area (Å²) in [6, 6.07) is 12.0. The molecule has 0 spiro atoms. The minimum absolute atomic E-state index is 0.0263. The fourth-order valence-electron chi connectivity index (χ4n) is 2.10. The molecule has 0 saturated heterocycles. The van der Waals surface area contributed by atoms with Crippen molar-refractivity contribution in [3.8, 4) is 0 Å². The first kappa shape index (κ1) is 18.5. The van der Waals surface area contributed by atoms with Crippen LogP contribution in [0.2, 0.25) is 0 Å². The molecule has 3 N–H and O–H groups in total. The van der Waals surface area contributed by atoms with Crippen molar-refractivity contribution < 1.29 is 9.59 Å². The van der Waals surface area contributed by atoms with Gasteiger partial charge < -0.3 is 16.0 Å². The Morgan fingerprint density at radius 3 is 2.42 bits per heavy atom. The Morgan fingerprint density at radius 1 is 1.12 bits per heavy atom. The topological polar surface area (TPSA) is 70.2 Å². The number of carbonyl (C=O) groups excluding carboxylic acids is 2. The molecular weight excluding hydrogens is 390 g/mol. The van der Waals surface area contributed by atoms with Crippen LogP contribution < -0.4 is 16.0 Å². The van der Waals surface area contributed by atoms with Crippen molar-refractivity contribution in [1.29, 1.82) is 0 Å². The smallest absolute Gasteiger partial charge is 0.319 e. The van der Waals surface area contributed by atoms with Crippen molar-refractivity contribution in [1.82, 2.24) is 10.6 Å². The molecule has 7 heteroatoms. The number of nitrogens with one attached hydrogen (secondary N) is 3. The Hall–Kier alpha value is -1.86. The molecule has 1 aromatic heterocycles. The number of hydrogen-bond acceptors (Lipinski definition) is 3. The molecule has 0 aliphatic carbocycles. The summed E-state index contributed by atoms with van der Waals surface area (Å²) in [5, 5.41) is 8.33. The lowest BCUT2D eigenvalue weighted by molar-refractivity contribution is -0.124. The predicted molar refractivity (Wildman–Crippen MR) is 101 cm³/mol. The Balaban J connectivity index is 1.90. The van der Waals surface area contributed by atoms with Gasteiger partial charge >= 0.3 is 6.03 Å². The lowest BCUT2D eigenvalue weighted by Crippen LogP contribution is -2.50. The summed E-state index contributed by atoms with van der Waals surface area (Å²) < 4.78 is 1.02. The lowest BCUT2D eigenvalue weighted by Gasteiger charge is -2.21. The van der Waals surface area contributed by atoms with Crippen LogP contribution in [0.15, 0.2) is 46.3 Å². The number of rotatable bonds is 6. The van der Waals surface area contributed by atoms with Crippen molar-refractivity contribution in [2.45, 2.75) is 26.4 Å². The van der Waals surface area contributed by atoms with Crippen LogP contribution in [0.25, 0.3) is 0 Å². The molecule has 2 rings (SSSR count). The fourth-order valence-corrected chi connectivity index (χ4v) is 3.52. The Kier molecular flexibility index (Phi) is 6.81. The average Bonchev–Trinajstić information content (AvgIpc) is 2.96. The summed E-state index contributed by atoms with van der Waals surface area (Å²) in [5.41, 5.74) is 0.682. The van der Waals surface area contributed by atoms with Gasteiger partial charge in [-0.15, -0.1) is 11.3 Å². The van der Waals surface area contributed by atoms with E-state index in [1.54, 1.807) is 23.5 Å². The Morgan fingerprint density at radius 2 is 1.83 bits per heavy atom. The highest BCUT2D eigenvalue weighted by Gasteiger charge is 2.24. The molecular formula is C17H20BrN3O2S. The zero-order valence-corrected chi connectivity index (χ0v) is 15.9. The SMILES string of the molecule is CC(C)C(NC(=O)Nc1ccccc1)C(=O)NCc1ccc(Br)s1. The number of para-hydroxylation sites is 1. The number of carbonyl (C=O) groups is 2. The van der Waals surface area contributed by atoms with E-state index in [1.807, 2.05) is 44.2 Å². The molecule has 0 fully saturated rings. The van der Waals surface area contributed by atoms with Crippen molar-refractivity contribution in [3.05, 3.63) is 51.1 Å². The van der Waals surface area contributed by atoms with Crippen molar-refractivity contribution in [2.24, 2.45) is 5.92 Å². The monoisotopic (exact) mass is 409 g/mol. The maximum absolute atomic E-state index is 12.4. The molecule has 1 aromatic carbocycles. The molecule has 0 radical (unpaired) electrons.